The summed E-state index contributed by atoms with van der Waals surface area (Å²) in [5.74, 6) is -0.401. The van der Waals surface area contributed by atoms with Crippen molar-refractivity contribution < 1.29 is 4.39 Å². The van der Waals surface area contributed by atoms with Gasteiger partial charge in [-0.25, -0.2) is 9.37 Å². The van der Waals surface area contributed by atoms with Crippen LogP contribution in [0, 0.1) is 5.82 Å². The topological polar surface area (TPSA) is 34.9 Å². The van der Waals surface area contributed by atoms with E-state index in [2.05, 4.69) is 4.98 Å². The smallest absolute Gasteiger partial charge is 0.261 e. The predicted molar refractivity (Wildman–Crippen MR) is 74.4 cm³/mol. The monoisotopic (exact) mass is 294 g/mol. The zero-order valence-corrected chi connectivity index (χ0v) is 11.2. The first-order chi connectivity index (χ1) is 9.13. The number of hydrogen-bond donors (Lipinski definition) is 0. The quantitative estimate of drug-likeness (QED) is 0.727. The molecule has 6 heteroatoms. The fourth-order valence-corrected chi connectivity index (χ4v) is 2.94. The molecule has 0 saturated carbocycles. The number of fused-ring (bicyclic) bond motifs is 1. The molecule has 19 heavy (non-hydrogen) atoms. The number of nitrogens with zero attached hydrogens (tertiary/aromatic N) is 2. The lowest BCUT2D eigenvalue weighted by Gasteiger charge is -2.04. The molecule has 0 atom stereocenters. The van der Waals surface area contributed by atoms with E-state index in [-0.39, 0.29) is 5.56 Å². The molecule has 0 amide bonds. The Bertz CT molecular complexity index is 812. The summed E-state index contributed by atoms with van der Waals surface area (Å²) >= 11 is 7.27. The summed E-state index contributed by atoms with van der Waals surface area (Å²) in [6.07, 6.45) is 1.43. The Morgan fingerprint density at radius 2 is 2.16 bits per heavy atom. The predicted octanol–water partition coefficient (Wildman–Crippen LogP) is 3.30. The van der Waals surface area contributed by atoms with Crippen molar-refractivity contribution >= 4 is 33.8 Å². The Hall–Kier alpha value is -1.72. The van der Waals surface area contributed by atoms with Crippen LogP contribution >= 0.6 is 22.9 Å². The van der Waals surface area contributed by atoms with Crippen LogP contribution < -0.4 is 5.56 Å². The molecule has 1 aromatic carbocycles. The van der Waals surface area contributed by atoms with E-state index >= 15 is 0 Å². The molecule has 0 bridgehead atoms. The van der Waals surface area contributed by atoms with Crippen LogP contribution in [0.15, 0.2) is 41.5 Å². The van der Waals surface area contributed by atoms with Gasteiger partial charge in [0, 0.05) is 10.9 Å². The second-order valence-corrected chi connectivity index (χ2v) is 5.84. The number of aromatic nitrogens is 2. The molecule has 0 N–H and O–H groups in total. The van der Waals surface area contributed by atoms with E-state index in [4.69, 9.17) is 11.6 Å². The van der Waals surface area contributed by atoms with E-state index in [9.17, 15) is 9.18 Å². The number of hydrogen-bond acceptors (Lipinski definition) is 3. The van der Waals surface area contributed by atoms with E-state index in [0.29, 0.717) is 21.8 Å². The van der Waals surface area contributed by atoms with Gasteiger partial charge in [0.15, 0.2) is 0 Å². The van der Waals surface area contributed by atoms with E-state index in [1.54, 1.807) is 6.07 Å². The van der Waals surface area contributed by atoms with Gasteiger partial charge in [-0.2, -0.15) is 0 Å². The summed E-state index contributed by atoms with van der Waals surface area (Å²) in [6.45, 7) is 0.413. The summed E-state index contributed by atoms with van der Waals surface area (Å²) < 4.78 is 15.2. The first-order valence-corrected chi connectivity index (χ1v) is 6.72. The van der Waals surface area contributed by atoms with Crippen molar-refractivity contribution in [3.63, 3.8) is 0 Å². The first-order valence-electron chi connectivity index (χ1n) is 5.52. The molecule has 0 spiro atoms. The fraction of sp³-hybridized carbons (Fsp3) is 0.0769. The van der Waals surface area contributed by atoms with Gasteiger partial charge in [0.25, 0.3) is 5.56 Å². The van der Waals surface area contributed by atoms with Gasteiger partial charge in [-0.15, -0.1) is 11.3 Å². The Kier molecular flexibility index (Phi) is 3.08. The van der Waals surface area contributed by atoms with Gasteiger partial charge in [-0.1, -0.05) is 11.6 Å². The maximum atomic E-state index is 13.1. The van der Waals surface area contributed by atoms with E-state index in [1.807, 2.05) is 6.07 Å². The Morgan fingerprint density at radius 3 is 2.89 bits per heavy atom. The Morgan fingerprint density at radius 1 is 1.32 bits per heavy atom. The number of benzene rings is 1. The van der Waals surface area contributed by atoms with Gasteiger partial charge >= 0.3 is 0 Å². The van der Waals surface area contributed by atoms with E-state index in [0.717, 1.165) is 4.88 Å². The maximum Gasteiger partial charge on any atom is 0.261 e. The van der Waals surface area contributed by atoms with Crippen molar-refractivity contribution in [2.45, 2.75) is 6.54 Å². The summed E-state index contributed by atoms with van der Waals surface area (Å²) in [5.41, 5.74) is 0.181. The van der Waals surface area contributed by atoms with E-state index < -0.39 is 5.82 Å². The molecule has 3 rings (SSSR count). The minimum absolute atomic E-state index is 0.186. The van der Waals surface area contributed by atoms with Crippen LogP contribution in [0.3, 0.4) is 0 Å². The first kappa shape index (κ1) is 12.3. The molecule has 3 nitrogen and oxygen atoms in total. The third-order valence-electron chi connectivity index (χ3n) is 2.74. The minimum atomic E-state index is -0.401. The highest BCUT2D eigenvalue weighted by atomic mass is 35.5. The van der Waals surface area contributed by atoms with Crippen LogP contribution in [0.1, 0.15) is 4.88 Å². The summed E-state index contributed by atoms with van der Waals surface area (Å²) in [5, 5.41) is 0.409. The van der Waals surface area contributed by atoms with Gasteiger partial charge < -0.3 is 0 Å². The lowest BCUT2D eigenvalue weighted by molar-refractivity contribution is 0.629. The maximum absolute atomic E-state index is 13.1. The molecule has 0 aliphatic heterocycles. The van der Waals surface area contributed by atoms with Crippen molar-refractivity contribution in [3.8, 4) is 0 Å². The van der Waals surface area contributed by atoms with Crippen LogP contribution in [0.5, 0.6) is 0 Å². The third kappa shape index (κ3) is 2.39. The highest BCUT2D eigenvalue weighted by Gasteiger charge is 2.06. The normalized spacial score (nSPS) is 11.1. The molecule has 0 fully saturated rings. The van der Waals surface area contributed by atoms with Gasteiger partial charge in [-0.3, -0.25) is 9.36 Å². The van der Waals surface area contributed by atoms with Crippen LogP contribution in [0.2, 0.25) is 4.34 Å². The molecule has 0 aliphatic carbocycles. The largest absolute Gasteiger partial charge is 0.293 e. The zero-order chi connectivity index (χ0) is 13.4. The van der Waals surface area contributed by atoms with Crippen LogP contribution in [-0.4, -0.2) is 9.55 Å². The third-order valence-corrected chi connectivity index (χ3v) is 3.96. The standard InChI is InChI=1S/C13H8ClFN2OS/c14-12-4-2-9(19-12)6-17-7-16-11-5-8(15)1-3-10(11)13(17)18/h1-5,7H,6H2. The van der Waals surface area contributed by atoms with Crippen LogP contribution in [0.25, 0.3) is 10.9 Å². The highest BCUT2D eigenvalue weighted by Crippen LogP contribution is 2.21. The minimum Gasteiger partial charge on any atom is -0.293 e. The van der Waals surface area contributed by atoms with Crippen molar-refractivity contribution in [1.29, 1.82) is 0 Å². The summed E-state index contributed by atoms with van der Waals surface area (Å²) in [4.78, 5) is 17.3. The number of halogens is 2. The molecule has 0 saturated heterocycles. The molecule has 96 valence electrons. The molecule has 0 radical (unpaired) electrons. The molecule has 3 aromatic rings. The summed E-state index contributed by atoms with van der Waals surface area (Å²) in [7, 11) is 0. The molecule has 0 aliphatic rings. The average molecular weight is 295 g/mol. The van der Waals surface area contributed by atoms with Crippen molar-refractivity contribution in [1.82, 2.24) is 9.55 Å². The Balaban J connectivity index is 2.08. The zero-order valence-electron chi connectivity index (χ0n) is 9.64. The second kappa shape index (κ2) is 4.75. The summed E-state index contributed by atoms with van der Waals surface area (Å²) in [6, 6.07) is 7.63. The van der Waals surface area contributed by atoms with Gasteiger partial charge in [-0.05, 0) is 24.3 Å². The SMILES string of the molecule is O=c1c2ccc(F)cc2ncn1Cc1ccc(Cl)s1. The van der Waals surface area contributed by atoms with Gasteiger partial charge in [0.05, 0.1) is 28.1 Å². The Labute approximate surface area is 116 Å². The van der Waals surface area contributed by atoms with Gasteiger partial charge in [0.2, 0.25) is 0 Å². The van der Waals surface area contributed by atoms with Gasteiger partial charge in [0.1, 0.15) is 5.82 Å². The van der Waals surface area contributed by atoms with Crippen molar-refractivity contribution in [2.24, 2.45) is 0 Å². The number of thiophene rings is 1. The molecular weight excluding hydrogens is 287 g/mol. The molecule has 2 heterocycles. The van der Waals surface area contributed by atoms with Crippen LogP contribution in [-0.2, 0) is 6.54 Å². The van der Waals surface area contributed by atoms with Crippen molar-refractivity contribution in [2.75, 3.05) is 0 Å². The van der Waals surface area contributed by atoms with Crippen LogP contribution in [0.4, 0.5) is 4.39 Å². The highest BCUT2D eigenvalue weighted by molar-refractivity contribution is 7.16. The molecular formula is C13H8ClFN2OS. The number of rotatable bonds is 2. The molecule has 0 unspecified atom stereocenters. The van der Waals surface area contributed by atoms with E-state index in [1.165, 1.54) is 40.4 Å². The second-order valence-electron chi connectivity index (χ2n) is 4.04. The van der Waals surface area contributed by atoms with Crippen molar-refractivity contribution in [3.05, 3.63) is 62.0 Å². The molecule has 2 aromatic heterocycles. The average Bonchev–Trinajstić information content (AvgIpc) is 2.78. The lowest BCUT2D eigenvalue weighted by atomic mass is 10.2. The lowest BCUT2D eigenvalue weighted by Crippen LogP contribution is -2.20. The fourth-order valence-electron chi connectivity index (χ4n) is 1.85.